The van der Waals surface area contributed by atoms with Crippen LogP contribution in [-0.4, -0.2) is 9.97 Å². The number of fused-ring (bicyclic) bond motifs is 3. The molecule has 2 aromatic heterocycles. The van der Waals surface area contributed by atoms with Crippen molar-refractivity contribution in [3.05, 3.63) is 39.4 Å². The van der Waals surface area contributed by atoms with Gasteiger partial charge in [-0.1, -0.05) is 15.9 Å². The molecule has 0 aliphatic rings. The van der Waals surface area contributed by atoms with Gasteiger partial charge in [0.1, 0.15) is 5.65 Å². The van der Waals surface area contributed by atoms with E-state index in [9.17, 15) is 0 Å². The van der Waals surface area contributed by atoms with E-state index in [4.69, 9.17) is 0 Å². The standard InChI is InChI=1S/C11H6Br2N2/c12-6-1-2-10-8(3-6)9-4-7(13)5-14-11(9)15-10/h1-5H,(H,14,15). The lowest BCUT2D eigenvalue weighted by atomic mass is 10.2. The van der Waals surface area contributed by atoms with E-state index in [2.05, 4.69) is 60.0 Å². The second-order valence-electron chi connectivity index (χ2n) is 3.36. The minimum Gasteiger partial charge on any atom is -0.339 e. The van der Waals surface area contributed by atoms with Crippen molar-refractivity contribution in [2.24, 2.45) is 0 Å². The van der Waals surface area contributed by atoms with E-state index < -0.39 is 0 Å². The Hall–Kier alpha value is -0.870. The van der Waals surface area contributed by atoms with Crippen LogP contribution in [-0.2, 0) is 0 Å². The first kappa shape index (κ1) is 9.36. The summed E-state index contributed by atoms with van der Waals surface area (Å²) in [5.74, 6) is 0. The minimum atomic E-state index is 0.923. The van der Waals surface area contributed by atoms with Crippen molar-refractivity contribution >= 4 is 53.8 Å². The number of nitrogens with zero attached hydrogens (tertiary/aromatic N) is 1. The van der Waals surface area contributed by atoms with Gasteiger partial charge >= 0.3 is 0 Å². The summed E-state index contributed by atoms with van der Waals surface area (Å²) in [5, 5.41) is 2.33. The Kier molecular flexibility index (Phi) is 2.07. The first-order chi connectivity index (χ1) is 7.24. The van der Waals surface area contributed by atoms with Crippen LogP contribution in [0.5, 0.6) is 0 Å². The number of benzene rings is 1. The lowest BCUT2D eigenvalue weighted by Gasteiger charge is -1.92. The molecule has 0 saturated carbocycles. The van der Waals surface area contributed by atoms with Gasteiger partial charge in [-0.3, -0.25) is 0 Å². The van der Waals surface area contributed by atoms with Gasteiger partial charge in [0.15, 0.2) is 0 Å². The highest BCUT2D eigenvalue weighted by molar-refractivity contribution is 9.10. The van der Waals surface area contributed by atoms with Gasteiger partial charge in [0.25, 0.3) is 0 Å². The van der Waals surface area contributed by atoms with Gasteiger partial charge in [-0.25, -0.2) is 4.98 Å². The topological polar surface area (TPSA) is 28.7 Å². The summed E-state index contributed by atoms with van der Waals surface area (Å²) in [6, 6.07) is 8.25. The molecule has 0 radical (unpaired) electrons. The van der Waals surface area contributed by atoms with Crippen LogP contribution in [0.15, 0.2) is 39.4 Å². The Morgan fingerprint density at radius 2 is 1.80 bits per heavy atom. The molecule has 74 valence electrons. The molecule has 0 unspecified atom stereocenters. The normalized spacial score (nSPS) is 11.3. The van der Waals surface area contributed by atoms with E-state index >= 15 is 0 Å². The summed E-state index contributed by atoms with van der Waals surface area (Å²) in [6.07, 6.45) is 1.80. The zero-order chi connectivity index (χ0) is 10.4. The fourth-order valence-corrected chi connectivity index (χ4v) is 2.41. The molecule has 2 heterocycles. The average molecular weight is 326 g/mol. The largest absolute Gasteiger partial charge is 0.339 e. The van der Waals surface area contributed by atoms with Crippen LogP contribution >= 0.6 is 31.9 Å². The van der Waals surface area contributed by atoms with Crippen LogP contribution in [0, 0.1) is 0 Å². The van der Waals surface area contributed by atoms with E-state index in [1.807, 2.05) is 6.07 Å². The van der Waals surface area contributed by atoms with Crippen LogP contribution in [0.3, 0.4) is 0 Å². The van der Waals surface area contributed by atoms with Gasteiger partial charge in [0.05, 0.1) is 0 Å². The van der Waals surface area contributed by atoms with Crippen LogP contribution in [0.4, 0.5) is 0 Å². The summed E-state index contributed by atoms with van der Waals surface area (Å²) in [5.41, 5.74) is 2.03. The number of halogens is 2. The molecule has 4 heteroatoms. The van der Waals surface area contributed by atoms with E-state index in [1.54, 1.807) is 6.20 Å². The molecule has 3 aromatic rings. The van der Waals surface area contributed by atoms with E-state index in [1.165, 1.54) is 5.39 Å². The number of rotatable bonds is 0. The van der Waals surface area contributed by atoms with Crippen molar-refractivity contribution in [2.45, 2.75) is 0 Å². The molecule has 0 aliphatic heterocycles. The number of hydrogen-bond acceptors (Lipinski definition) is 1. The van der Waals surface area contributed by atoms with Crippen LogP contribution in [0.1, 0.15) is 0 Å². The maximum absolute atomic E-state index is 4.33. The molecule has 0 spiro atoms. The van der Waals surface area contributed by atoms with Gasteiger partial charge in [0, 0.05) is 31.4 Å². The number of pyridine rings is 1. The van der Waals surface area contributed by atoms with Crippen molar-refractivity contribution < 1.29 is 0 Å². The second-order valence-corrected chi connectivity index (χ2v) is 5.20. The smallest absolute Gasteiger partial charge is 0.138 e. The maximum atomic E-state index is 4.33. The third-order valence-electron chi connectivity index (χ3n) is 2.38. The molecule has 0 fully saturated rings. The molecular weight excluding hydrogens is 320 g/mol. The lowest BCUT2D eigenvalue weighted by molar-refractivity contribution is 1.33. The lowest BCUT2D eigenvalue weighted by Crippen LogP contribution is -1.74. The number of nitrogens with one attached hydrogen (secondary N) is 1. The number of H-pyrrole nitrogens is 1. The summed E-state index contributed by atoms with van der Waals surface area (Å²) in [4.78, 5) is 7.61. The summed E-state index contributed by atoms with van der Waals surface area (Å²) < 4.78 is 2.08. The van der Waals surface area contributed by atoms with Gasteiger partial charge in [-0.2, -0.15) is 0 Å². The van der Waals surface area contributed by atoms with Crippen molar-refractivity contribution in [2.75, 3.05) is 0 Å². The second kappa shape index (κ2) is 3.32. The van der Waals surface area contributed by atoms with Gasteiger partial charge in [0.2, 0.25) is 0 Å². The Morgan fingerprint density at radius 1 is 1.00 bits per heavy atom. The van der Waals surface area contributed by atoms with Gasteiger partial charge in [-0.05, 0) is 40.2 Å². The molecule has 0 saturated heterocycles. The molecule has 3 rings (SSSR count). The van der Waals surface area contributed by atoms with Crippen LogP contribution in [0.25, 0.3) is 21.9 Å². The summed E-state index contributed by atoms with van der Waals surface area (Å²) in [6.45, 7) is 0. The van der Waals surface area contributed by atoms with Crippen LogP contribution < -0.4 is 0 Å². The fourth-order valence-electron chi connectivity index (χ4n) is 1.72. The fraction of sp³-hybridized carbons (Fsp3) is 0. The zero-order valence-corrected chi connectivity index (χ0v) is 10.8. The summed E-state index contributed by atoms with van der Waals surface area (Å²) in [7, 11) is 0. The average Bonchev–Trinajstić information content (AvgIpc) is 2.56. The van der Waals surface area contributed by atoms with Gasteiger partial charge in [-0.15, -0.1) is 0 Å². The van der Waals surface area contributed by atoms with E-state index in [0.29, 0.717) is 0 Å². The Bertz CT molecular complexity index is 602. The minimum absolute atomic E-state index is 0.923. The Balaban J connectivity index is 2.55. The first-order valence-corrected chi connectivity index (χ1v) is 6.05. The molecule has 0 bridgehead atoms. The number of aromatic nitrogens is 2. The molecule has 1 N–H and O–H groups in total. The van der Waals surface area contributed by atoms with Crippen molar-refractivity contribution in [3.8, 4) is 0 Å². The van der Waals surface area contributed by atoms with Crippen molar-refractivity contribution in [1.29, 1.82) is 0 Å². The summed E-state index contributed by atoms with van der Waals surface area (Å²) >= 11 is 6.91. The first-order valence-electron chi connectivity index (χ1n) is 4.46. The predicted octanol–water partition coefficient (Wildman–Crippen LogP) is 4.24. The molecule has 2 nitrogen and oxygen atoms in total. The monoisotopic (exact) mass is 324 g/mol. The highest BCUT2D eigenvalue weighted by Gasteiger charge is 2.05. The SMILES string of the molecule is Brc1ccc2[nH]c3ncc(Br)cc3c2c1. The van der Waals surface area contributed by atoms with Crippen molar-refractivity contribution in [3.63, 3.8) is 0 Å². The van der Waals surface area contributed by atoms with Crippen LogP contribution in [0.2, 0.25) is 0 Å². The molecular formula is C11H6Br2N2. The van der Waals surface area contributed by atoms with Gasteiger partial charge < -0.3 is 4.98 Å². The third-order valence-corrected chi connectivity index (χ3v) is 3.31. The molecule has 0 atom stereocenters. The molecule has 15 heavy (non-hydrogen) atoms. The highest BCUT2D eigenvalue weighted by Crippen LogP contribution is 2.28. The molecule has 0 aliphatic carbocycles. The Labute approximate surface area is 103 Å². The predicted molar refractivity (Wildman–Crippen MR) is 69.0 cm³/mol. The van der Waals surface area contributed by atoms with E-state index in [-0.39, 0.29) is 0 Å². The maximum Gasteiger partial charge on any atom is 0.138 e. The number of hydrogen-bond donors (Lipinski definition) is 1. The van der Waals surface area contributed by atoms with Crippen molar-refractivity contribution in [1.82, 2.24) is 9.97 Å². The Morgan fingerprint density at radius 3 is 2.67 bits per heavy atom. The van der Waals surface area contributed by atoms with E-state index in [0.717, 1.165) is 25.5 Å². The zero-order valence-electron chi connectivity index (χ0n) is 7.59. The number of aromatic amines is 1. The highest BCUT2D eigenvalue weighted by atomic mass is 79.9. The third kappa shape index (κ3) is 1.48. The molecule has 0 amide bonds. The molecule has 1 aromatic carbocycles. The quantitative estimate of drug-likeness (QED) is 0.658.